The highest BCUT2D eigenvalue weighted by atomic mass is 32.2. The Balaban J connectivity index is 1.64. The fraction of sp³-hybridized carbons (Fsp3) is 0.529. The number of primary amides is 1. The number of rotatable bonds is 68. The Bertz CT molecular complexity index is 5190. The lowest BCUT2D eigenvalue weighted by Crippen LogP contribution is -2.61. The molecule has 14 amide bonds. The van der Waals surface area contributed by atoms with Crippen LogP contribution in [0.25, 0.3) is 11.0 Å². The predicted molar refractivity (Wildman–Crippen MR) is 516 cm³/mol. The summed E-state index contributed by atoms with van der Waals surface area (Å²) in [5.74, 6) is -22.0. The van der Waals surface area contributed by atoms with Crippen molar-refractivity contribution in [3.63, 3.8) is 0 Å². The number of aliphatic carboxylic acids is 3. The van der Waals surface area contributed by atoms with Crippen molar-refractivity contribution in [2.24, 2.45) is 34.6 Å². The SMILES string of the molecule is COc1ccc2c(CC(=O)N[C@@H](CO)C(=O)N[C@@H](CCC(=O)O)C(=O)N[C@H](C(=O)N[C@@H](CCCCN)C(=O)N[C@@H](CCSC)C(=O)N[C@@H](CC(=O)O)C(=O)N[C@@H](C)C(=O)N[C@@H](CCC(=O)O)C(=O)N[C@@H](Cc3ccccc3)C(=O)N[C@@H](CCCNC(=N)N)C(=O)N[C@@H](CCCCNc3ccc([N+](=O)[O-])cc3[N+](=O)[O-])C(=O)N[C@@H](CCCNC(=N)N)C(=O)N[C@@H](CCCNC(=N)N)C(N)=O)C(C)C)cc(=O)oc2c1. The van der Waals surface area contributed by atoms with Gasteiger partial charge in [0.05, 0.1) is 42.5 Å². The van der Waals surface area contributed by atoms with Crippen molar-refractivity contribution in [1.82, 2.24) is 85.1 Å². The van der Waals surface area contributed by atoms with Crippen LogP contribution in [-0.2, 0) is 94.3 Å². The normalized spacial score (nSPS) is 13.7. The lowest BCUT2D eigenvalue weighted by Gasteiger charge is -2.29. The minimum Gasteiger partial charge on any atom is -0.497 e. The number of guanidine groups is 3. The van der Waals surface area contributed by atoms with Gasteiger partial charge in [0.25, 0.3) is 11.4 Å². The fourth-order valence-electron chi connectivity index (χ4n) is 14.1. The third-order valence-electron chi connectivity index (χ3n) is 21.7. The lowest BCUT2D eigenvalue weighted by atomic mass is 10.0. The number of methoxy groups -OCH3 is 1. The second-order valence-corrected chi connectivity index (χ2v) is 34.2. The third-order valence-corrected chi connectivity index (χ3v) is 22.3. The molecule has 0 aliphatic carbocycles. The van der Waals surface area contributed by atoms with E-state index in [0.717, 1.165) is 31.2 Å². The maximum atomic E-state index is 15.1. The summed E-state index contributed by atoms with van der Waals surface area (Å²) in [7, 11) is 1.38. The molecule has 143 heavy (non-hydrogen) atoms. The van der Waals surface area contributed by atoms with Gasteiger partial charge in [-0.15, -0.1) is 0 Å². The molecule has 0 radical (unpaired) electrons. The molecule has 13 atom stereocenters. The number of thioether (sulfide) groups is 1. The van der Waals surface area contributed by atoms with Gasteiger partial charge in [-0.1, -0.05) is 44.2 Å². The topological polar surface area (TPSA) is 903 Å². The zero-order valence-electron chi connectivity index (χ0n) is 79.4. The van der Waals surface area contributed by atoms with Gasteiger partial charge < -0.3 is 149 Å². The molecule has 0 unspecified atom stereocenters. The number of nitrogens with zero attached hydrogens (tertiary/aromatic N) is 2. The largest absolute Gasteiger partial charge is 0.497 e. The first kappa shape index (κ1) is 120. The van der Waals surface area contributed by atoms with Gasteiger partial charge in [-0.25, -0.2) is 4.79 Å². The third kappa shape index (κ3) is 44.1. The molecule has 0 spiro atoms. The number of aliphatic hydroxyl groups excluding tert-OH is 1. The Kier molecular flexibility index (Phi) is 52.2. The first-order valence-electron chi connectivity index (χ1n) is 45.4. The molecule has 4 aromatic rings. The van der Waals surface area contributed by atoms with Crippen LogP contribution < -0.4 is 129 Å². The highest BCUT2D eigenvalue weighted by Crippen LogP contribution is 2.30. The van der Waals surface area contributed by atoms with Gasteiger partial charge in [0.2, 0.25) is 82.7 Å². The molecule has 0 fully saturated rings. The number of nitrogens with one attached hydrogen (secondary N) is 20. The van der Waals surface area contributed by atoms with Crippen molar-refractivity contribution in [3.05, 3.63) is 115 Å². The van der Waals surface area contributed by atoms with Crippen molar-refractivity contribution in [1.29, 1.82) is 16.2 Å². The molecule has 786 valence electrons. The molecule has 0 bridgehead atoms. The first-order chi connectivity index (χ1) is 67.7. The summed E-state index contributed by atoms with van der Waals surface area (Å²) >= 11 is 1.18. The lowest BCUT2D eigenvalue weighted by molar-refractivity contribution is -0.393. The number of carbonyl (C=O) groups excluding carboxylic acids is 14. The summed E-state index contributed by atoms with van der Waals surface area (Å²) in [6, 6.07) is -6.06. The van der Waals surface area contributed by atoms with Gasteiger partial charge in [-0.2, -0.15) is 11.8 Å². The molecule has 34 N–H and O–H groups in total. The number of nitrogens with two attached hydrogens (primary N) is 5. The molecule has 0 saturated carbocycles. The van der Waals surface area contributed by atoms with Crippen molar-refractivity contribution in [2.45, 2.75) is 228 Å². The average Bonchev–Trinajstić information content (AvgIpc) is 0.797. The predicted octanol–water partition coefficient (Wildman–Crippen LogP) is -4.98. The monoisotopic (exact) mass is 2030 g/mol. The van der Waals surface area contributed by atoms with E-state index in [-0.39, 0.29) is 145 Å². The molecule has 3 aromatic carbocycles. The van der Waals surface area contributed by atoms with Gasteiger partial charge in [-0.3, -0.25) is 118 Å². The zero-order chi connectivity index (χ0) is 107. The van der Waals surface area contributed by atoms with Crippen molar-refractivity contribution in [3.8, 4) is 5.75 Å². The van der Waals surface area contributed by atoms with Crippen LogP contribution in [0.15, 0.2) is 82.0 Å². The molecule has 0 saturated heterocycles. The molecule has 0 aliphatic heterocycles. The first-order valence-corrected chi connectivity index (χ1v) is 46.8. The number of non-ortho nitro benzene ring substituents is 1. The van der Waals surface area contributed by atoms with Crippen molar-refractivity contribution >= 4 is 158 Å². The van der Waals surface area contributed by atoms with E-state index in [1.165, 1.54) is 63.1 Å². The molecule has 0 aliphatic rings. The highest BCUT2D eigenvalue weighted by molar-refractivity contribution is 7.98. The summed E-state index contributed by atoms with van der Waals surface area (Å²) < 4.78 is 10.4. The number of nitro groups is 2. The van der Waals surface area contributed by atoms with Crippen LogP contribution in [0.3, 0.4) is 0 Å². The Labute approximate surface area is 823 Å². The fourth-order valence-corrected chi connectivity index (χ4v) is 14.6. The van der Waals surface area contributed by atoms with Gasteiger partial charge >= 0.3 is 23.5 Å². The number of benzene rings is 3. The molecule has 56 heteroatoms. The second-order valence-electron chi connectivity index (χ2n) is 33.2. The average molecular weight is 2030 g/mol. The summed E-state index contributed by atoms with van der Waals surface area (Å²) in [5, 5.41) is 129. The number of aliphatic hydroxyl groups is 1. The highest BCUT2D eigenvalue weighted by Gasteiger charge is 2.39. The van der Waals surface area contributed by atoms with E-state index in [2.05, 4.69) is 90.4 Å². The smallest absolute Gasteiger partial charge is 0.336 e. The van der Waals surface area contributed by atoms with Gasteiger partial charge in [0.15, 0.2) is 17.9 Å². The van der Waals surface area contributed by atoms with Crippen LogP contribution in [0.4, 0.5) is 17.1 Å². The number of nitro benzene ring substituents is 2. The number of hydrogen-bond donors (Lipinski definition) is 29. The number of ether oxygens (including phenoxy) is 1. The van der Waals surface area contributed by atoms with E-state index in [1.807, 2.05) is 0 Å². The van der Waals surface area contributed by atoms with Crippen LogP contribution in [0.1, 0.15) is 147 Å². The van der Waals surface area contributed by atoms with Crippen LogP contribution >= 0.6 is 11.8 Å². The summed E-state index contributed by atoms with van der Waals surface area (Å²) in [5.41, 5.74) is 26.3. The van der Waals surface area contributed by atoms with E-state index in [1.54, 1.807) is 24.5 Å². The zero-order valence-corrected chi connectivity index (χ0v) is 80.2. The molecular weight excluding hydrogens is 1900 g/mol. The van der Waals surface area contributed by atoms with Crippen LogP contribution in [0, 0.1) is 42.4 Å². The van der Waals surface area contributed by atoms with Crippen molar-refractivity contribution < 1.29 is 121 Å². The number of anilines is 1. The van der Waals surface area contributed by atoms with E-state index in [4.69, 9.17) is 54.1 Å². The Morgan fingerprint density at radius 3 is 1.35 bits per heavy atom. The number of hydrogen-bond acceptors (Lipinski definition) is 31. The van der Waals surface area contributed by atoms with Crippen molar-refractivity contribution in [2.75, 3.05) is 63.8 Å². The maximum absolute atomic E-state index is 15.1. The quantitative estimate of drug-likeness (QED) is 0.00492. The number of carbonyl (C=O) groups is 17. The van der Waals surface area contributed by atoms with Crippen LogP contribution in [-0.4, -0.2) is 286 Å². The number of carboxylic acid groups (broad SMARTS) is 3. The molecule has 55 nitrogen and oxygen atoms in total. The number of carboxylic acids is 3. The summed E-state index contributed by atoms with van der Waals surface area (Å²) in [6.45, 7) is 2.87. The Hall–Kier alpha value is -15.7. The van der Waals surface area contributed by atoms with Crippen LogP contribution in [0.5, 0.6) is 5.75 Å². The Morgan fingerprint density at radius 1 is 0.462 bits per heavy atom. The minimum absolute atomic E-state index is 0.0205. The number of amides is 14. The number of fused-ring (bicyclic) bond motifs is 1. The molecular formula is C87H129N27O28S. The second kappa shape index (κ2) is 62.4. The summed E-state index contributed by atoms with van der Waals surface area (Å²) in [4.78, 5) is 271. The number of unbranched alkanes of at least 4 members (excludes halogenated alkanes) is 2. The van der Waals surface area contributed by atoms with Gasteiger partial charge in [-0.05, 0) is 157 Å². The molecule has 1 heterocycles. The summed E-state index contributed by atoms with van der Waals surface area (Å²) in [6.07, 6.45) is -4.34. The maximum Gasteiger partial charge on any atom is 0.336 e. The van der Waals surface area contributed by atoms with E-state index < -0.39 is 275 Å². The minimum atomic E-state index is -2.08. The molecule has 4 rings (SSSR count). The van der Waals surface area contributed by atoms with E-state index >= 15 is 9.59 Å². The Morgan fingerprint density at radius 2 is 0.895 bits per heavy atom. The standard InChI is InChI=1S/C87H129N27O28S/c1-45(2)71(112-80(132)59(28-30-68(119)120)107-83(135)63(44-115)101-66(116)39-48-40-70(123)142-65-42-50(141-4)24-25-51(48)65)84(136)109-55(18-9-11-32-88)76(128)108-60(31-37-143-5)79(131)111-62(43-69(121)122)81(133)100-46(3)73(125)103-58(27-29-67(117)118)78(130)110-61(38-47-16-7-6-8-17-47)82(134)106-57(22-15-36-99-87(94)95)77(129)104-54(19-10-12-33-96-52-26-23-49(113(137)138)41-64(52)114(139)140)75(127)105-56(21-14-35-98-86(92)93)74(126)102-53(72(89)124)20-13-34-97-85(90)91/h6-8,16-17,23-26,40-42,45-46,53-63,71,96,115H,9-15,18-22,27-39,43-44,88H2,1-5H3,(H2,89,124)(H,100,133)(H,101,116)(H,102,126)(H,103,125)(H,104,129)(H,105,127)(H,106,134)(H,107,135)(H,108,128)(H,109,136)(H,110,130)(H,111,131)(H,112,132)(H,117,118)(H,119,120)(H,121,122)(H4,90,91,97)(H4,92,93,98)(H4,94,95,99)/t46-,53-,54-,55-,56-,57-,58-,59-,60-,61-,62-,63-,71-/m0/s1. The van der Waals surface area contributed by atoms with E-state index in [0.29, 0.717) is 16.7 Å². The molecule has 1 aromatic heterocycles. The van der Waals surface area contributed by atoms with E-state index in [9.17, 15) is 117 Å². The van der Waals surface area contributed by atoms with Gasteiger partial charge in [0.1, 0.15) is 95.6 Å². The van der Waals surface area contributed by atoms with Gasteiger partial charge in [0, 0.05) is 69.0 Å². The van der Waals surface area contributed by atoms with Crippen LogP contribution in [0.2, 0.25) is 0 Å².